The van der Waals surface area contributed by atoms with Crippen LogP contribution in [0.3, 0.4) is 0 Å². The van der Waals surface area contributed by atoms with Crippen LogP contribution in [0.1, 0.15) is 46.1 Å². The molecule has 2 N–H and O–H groups in total. The third kappa shape index (κ3) is 11.9. The van der Waals surface area contributed by atoms with Crippen molar-refractivity contribution in [3.63, 3.8) is 0 Å². The molecule has 0 fully saturated rings. The first-order chi connectivity index (χ1) is 12.8. The molecular weight excluding hydrogens is 348 g/mol. The van der Waals surface area contributed by atoms with Crippen molar-refractivity contribution in [1.29, 1.82) is 0 Å². The number of rotatable bonds is 10. The van der Waals surface area contributed by atoms with Crippen molar-refractivity contribution in [2.45, 2.75) is 58.8 Å². The Morgan fingerprint density at radius 1 is 1.11 bits per heavy atom. The van der Waals surface area contributed by atoms with Gasteiger partial charge in [0.05, 0.1) is 12.6 Å². The highest BCUT2D eigenvalue weighted by Gasteiger charge is 2.16. The second-order valence-corrected chi connectivity index (χ2v) is 7.13. The lowest BCUT2D eigenvalue weighted by atomic mass is 10.1. The zero-order chi connectivity index (χ0) is 20.1. The molecule has 1 aromatic carbocycles. The number of carbonyl (C=O) groups is 2. The molecule has 0 aromatic heterocycles. The van der Waals surface area contributed by atoms with E-state index >= 15 is 0 Å². The van der Waals surface area contributed by atoms with Gasteiger partial charge in [-0.05, 0) is 46.1 Å². The van der Waals surface area contributed by atoms with Gasteiger partial charge in [-0.3, -0.25) is 0 Å². The normalized spacial score (nSPS) is 12.1. The third-order valence-corrected chi connectivity index (χ3v) is 3.46. The molecule has 0 heterocycles. The van der Waals surface area contributed by atoms with Crippen molar-refractivity contribution < 1.29 is 23.8 Å². The van der Waals surface area contributed by atoms with Crippen molar-refractivity contribution >= 4 is 12.2 Å². The highest BCUT2D eigenvalue weighted by molar-refractivity contribution is 5.68. The molecule has 0 aliphatic rings. The highest BCUT2D eigenvalue weighted by Crippen LogP contribution is 2.07. The lowest BCUT2D eigenvalue weighted by Crippen LogP contribution is -2.39. The average molecular weight is 380 g/mol. The zero-order valence-electron chi connectivity index (χ0n) is 16.7. The van der Waals surface area contributed by atoms with E-state index in [9.17, 15) is 9.59 Å². The molecule has 0 radical (unpaired) electrons. The van der Waals surface area contributed by atoms with Gasteiger partial charge in [0, 0.05) is 13.2 Å². The summed E-state index contributed by atoms with van der Waals surface area (Å²) in [5.41, 5.74) is 0.404. The van der Waals surface area contributed by atoms with E-state index in [0.29, 0.717) is 32.6 Å². The number of ether oxygens (including phenoxy) is 3. The maximum Gasteiger partial charge on any atom is 0.407 e. The molecule has 1 atom stereocenters. The van der Waals surface area contributed by atoms with Crippen LogP contribution in [0.5, 0.6) is 0 Å². The second kappa shape index (κ2) is 12.2. The molecule has 152 valence electrons. The summed E-state index contributed by atoms with van der Waals surface area (Å²) in [6.45, 7) is 8.97. The molecule has 0 aliphatic carbocycles. The summed E-state index contributed by atoms with van der Waals surface area (Å²) in [4.78, 5) is 23.6. The van der Waals surface area contributed by atoms with Crippen molar-refractivity contribution in [3.05, 3.63) is 35.9 Å². The fraction of sp³-hybridized carbons (Fsp3) is 0.600. The Balaban J connectivity index is 2.32. The van der Waals surface area contributed by atoms with Crippen molar-refractivity contribution in [1.82, 2.24) is 10.6 Å². The van der Waals surface area contributed by atoms with E-state index in [0.717, 1.165) is 5.56 Å². The average Bonchev–Trinajstić information content (AvgIpc) is 2.60. The molecule has 27 heavy (non-hydrogen) atoms. The Hall–Kier alpha value is -2.28. The SMILES string of the molecule is CCOC[C@H](CCCNC(=O)OC(C)(C)C)NC(=O)OCc1ccccc1. The van der Waals surface area contributed by atoms with Crippen molar-refractivity contribution in [2.24, 2.45) is 0 Å². The minimum atomic E-state index is -0.522. The van der Waals surface area contributed by atoms with Crippen molar-refractivity contribution in [2.75, 3.05) is 19.8 Å². The number of hydrogen-bond acceptors (Lipinski definition) is 5. The maximum atomic E-state index is 12.0. The van der Waals surface area contributed by atoms with E-state index < -0.39 is 17.8 Å². The van der Waals surface area contributed by atoms with Crippen LogP contribution in [0.4, 0.5) is 9.59 Å². The van der Waals surface area contributed by atoms with E-state index in [1.165, 1.54) is 0 Å². The highest BCUT2D eigenvalue weighted by atomic mass is 16.6. The third-order valence-electron chi connectivity index (χ3n) is 3.46. The molecular formula is C20H32N2O5. The summed E-state index contributed by atoms with van der Waals surface area (Å²) in [6.07, 6.45) is 0.398. The lowest BCUT2D eigenvalue weighted by Gasteiger charge is -2.20. The van der Waals surface area contributed by atoms with Crippen LogP contribution in [0.2, 0.25) is 0 Å². The quantitative estimate of drug-likeness (QED) is 0.606. The van der Waals surface area contributed by atoms with Gasteiger partial charge < -0.3 is 24.8 Å². The summed E-state index contributed by atoms with van der Waals surface area (Å²) < 4.78 is 15.8. The summed E-state index contributed by atoms with van der Waals surface area (Å²) >= 11 is 0. The molecule has 0 bridgehead atoms. The van der Waals surface area contributed by atoms with E-state index in [1.54, 1.807) is 0 Å². The molecule has 2 amide bonds. The van der Waals surface area contributed by atoms with Gasteiger partial charge in [-0.15, -0.1) is 0 Å². The van der Waals surface area contributed by atoms with Gasteiger partial charge in [-0.25, -0.2) is 9.59 Å². The summed E-state index contributed by atoms with van der Waals surface area (Å²) in [7, 11) is 0. The summed E-state index contributed by atoms with van der Waals surface area (Å²) in [6, 6.07) is 9.31. The van der Waals surface area contributed by atoms with Crippen LogP contribution >= 0.6 is 0 Å². The smallest absolute Gasteiger partial charge is 0.407 e. The van der Waals surface area contributed by atoms with Gasteiger partial charge in [0.2, 0.25) is 0 Å². The topological polar surface area (TPSA) is 85.9 Å². The summed E-state index contributed by atoms with van der Waals surface area (Å²) in [5, 5.41) is 5.52. The Labute approximate surface area is 161 Å². The van der Waals surface area contributed by atoms with Crippen LogP contribution in [0, 0.1) is 0 Å². The van der Waals surface area contributed by atoms with E-state index in [1.807, 2.05) is 58.0 Å². The Bertz CT molecular complexity index is 557. The predicted molar refractivity (Wildman–Crippen MR) is 104 cm³/mol. The van der Waals surface area contributed by atoms with Gasteiger partial charge in [-0.1, -0.05) is 30.3 Å². The Kier molecular flexibility index (Phi) is 10.3. The first-order valence-corrected chi connectivity index (χ1v) is 9.32. The fourth-order valence-electron chi connectivity index (χ4n) is 2.24. The van der Waals surface area contributed by atoms with Crippen LogP contribution in [0.25, 0.3) is 0 Å². The van der Waals surface area contributed by atoms with Gasteiger partial charge >= 0.3 is 12.2 Å². The molecule has 0 saturated heterocycles. The monoisotopic (exact) mass is 380 g/mol. The standard InChI is InChI=1S/C20H32N2O5/c1-5-25-15-17(12-9-13-21-18(23)27-20(2,3)4)22-19(24)26-14-16-10-7-6-8-11-16/h6-8,10-11,17H,5,9,12-15H2,1-4H3,(H,21,23)(H,22,24)/t17-/m0/s1. The minimum absolute atomic E-state index is 0.186. The molecule has 1 rings (SSSR count). The molecule has 7 nitrogen and oxygen atoms in total. The van der Waals surface area contributed by atoms with E-state index in [4.69, 9.17) is 14.2 Å². The molecule has 0 saturated carbocycles. The van der Waals surface area contributed by atoms with Crippen LogP contribution in [-0.4, -0.2) is 43.6 Å². The van der Waals surface area contributed by atoms with Crippen LogP contribution < -0.4 is 10.6 Å². The fourth-order valence-corrected chi connectivity index (χ4v) is 2.24. The molecule has 0 aliphatic heterocycles. The Morgan fingerprint density at radius 2 is 1.81 bits per heavy atom. The van der Waals surface area contributed by atoms with Gasteiger partial charge in [0.25, 0.3) is 0 Å². The van der Waals surface area contributed by atoms with Gasteiger partial charge in [-0.2, -0.15) is 0 Å². The molecule has 0 spiro atoms. The maximum absolute atomic E-state index is 12.0. The first-order valence-electron chi connectivity index (χ1n) is 9.32. The zero-order valence-corrected chi connectivity index (χ0v) is 16.7. The molecule has 1 aromatic rings. The van der Waals surface area contributed by atoms with E-state index in [2.05, 4.69) is 10.6 Å². The Morgan fingerprint density at radius 3 is 2.44 bits per heavy atom. The van der Waals surface area contributed by atoms with Crippen LogP contribution in [0.15, 0.2) is 30.3 Å². The number of amides is 2. The van der Waals surface area contributed by atoms with Gasteiger partial charge in [0.1, 0.15) is 12.2 Å². The van der Waals surface area contributed by atoms with E-state index in [-0.39, 0.29) is 12.6 Å². The molecule has 0 unspecified atom stereocenters. The number of alkyl carbamates (subject to hydrolysis) is 2. The van der Waals surface area contributed by atoms with Crippen LogP contribution in [-0.2, 0) is 20.8 Å². The molecule has 7 heteroatoms. The number of carbonyl (C=O) groups excluding carboxylic acids is 2. The number of benzene rings is 1. The largest absolute Gasteiger partial charge is 0.445 e. The lowest BCUT2D eigenvalue weighted by molar-refractivity contribution is 0.0525. The van der Waals surface area contributed by atoms with Crippen molar-refractivity contribution in [3.8, 4) is 0 Å². The van der Waals surface area contributed by atoms with Gasteiger partial charge in [0.15, 0.2) is 0 Å². The number of hydrogen-bond donors (Lipinski definition) is 2. The minimum Gasteiger partial charge on any atom is -0.445 e. The predicted octanol–water partition coefficient (Wildman–Crippen LogP) is 3.62. The second-order valence-electron chi connectivity index (χ2n) is 7.13. The summed E-state index contributed by atoms with van der Waals surface area (Å²) in [5.74, 6) is 0. The first kappa shape index (κ1) is 22.8. The number of nitrogens with one attached hydrogen (secondary N) is 2.